The largest absolute Gasteiger partial charge is 0.457 e. The van der Waals surface area contributed by atoms with Gasteiger partial charge in [-0.2, -0.15) is 0 Å². The SMILES string of the molecule is CCc1ccc(C(CCN)c2nc(-c3ccc(Oc4ccccc4)cc3)c(C(N)=O)[nH]2)cc1. The zero-order valence-electron chi connectivity index (χ0n) is 18.6. The number of aromatic nitrogens is 2. The molecule has 6 heteroatoms. The van der Waals surface area contributed by atoms with E-state index in [1.54, 1.807) is 0 Å². The zero-order valence-corrected chi connectivity index (χ0v) is 18.6. The van der Waals surface area contributed by atoms with Gasteiger partial charge in [-0.25, -0.2) is 4.98 Å². The third-order valence-electron chi connectivity index (χ3n) is 5.65. The fraction of sp³-hybridized carbons (Fsp3) is 0.185. The number of nitrogens with two attached hydrogens (primary N) is 2. The van der Waals surface area contributed by atoms with Crippen LogP contribution < -0.4 is 16.2 Å². The maximum atomic E-state index is 12.2. The molecule has 0 bridgehead atoms. The summed E-state index contributed by atoms with van der Waals surface area (Å²) in [5.41, 5.74) is 15.5. The van der Waals surface area contributed by atoms with Crippen molar-refractivity contribution in [1.82, 2.24) is 9.97 Å². The second-order valence-electron chi connectivity index (χ2n) is 7.87. The molecule has 1 atom stereocenters. The number of primary amides is 1. The molecular weight excluding hydrogens is 412 g/mol. The van der Waals surface area contributed by atoms with Gasteiger partial charge in [-0.05, 0) is 66.9 Å². The number of imidazole rings is 1. The van der Waals surface area contributed by atoms with E-state index in [0.717, 1.165) is 23.3 Å². The first-order valence-corrected chi connectivity index (χ1v) is 11.1. The number of para-hydroxylation sites is 1. The minimum atomic E-state index is -0.554. The van der Waals surface area contributed by atoms with E-state index in [9.17, 15) is 4.79 Å². The van der Waals surface area contributed by atoms with Gasteiger partial charge in [-0.1, -0.05) is 49.4 Å². The lowest BCUT2D eigenvalue weighted by Gasteiger charge is -2.14. The van der Waals surface area contributed by atoms with Gasteiger partial charge in [0.05, 0.1) is 0 Å². The van der Waals surface area contributed by atoms with Gasteiger partial charge in [0.25, 0.3) is 5.91 Å². The summed E-state index contributed by atoms with van der Waals surface area (Å²) >= 11 is 0. The van der Waals surface area contributed by atoms with E-state index in [0.29, 0.717) is 30.2 Å². The summed E-state index contributed by atoms with van der Waals surface area (Å²) in [6.45, 7) is 2.62. The van der Waals surface area contributed by atoms with Gasteiger partial charge in [0, 0.05) is 11.5 Å². The van der Waals surface area contributed by atoms with Crippen molar-refractivity contribution in [1.29, 1.82) is 0 Å². The molecule has 4 rings (SSSR count). The van der Waals surface area contributed by atoms with Crippen molar-refractivity contribution in [2.75, 3.05) is 6.54 Å². The minimum Gasteiger partial charge on any atom is -0.457 e. The van der Waals surface area contributed by atoms with Gasteiger partial charge in [0.1, 0.15) is 28.7 Å². The van der Waals surface area contributed by atoms with Crippen molar-refractivity contribution >= 4 is 5.91 Å². The van der Waals surface area contributed by atoms with Crippen LogP contribution in [0.15, 0.2) is 78.9 Å². The molecule has 1 unspecified atom stereocenters. The van der Waals surface area contributed by atoms with E-state index in [-0.39, 0.29) is 11.6 Å². The minimum absolute atomic E-state index is 0.0616. The van der Waals surface area contributed by atoms with Crippen molar-refractivity contribution in [2.24, 2.45) is 11.5 Å². The van der Waals surface area contributed by atoms with Gasteiger partial charge >= 0.3 is 0 Å². The molecule has 6 nitrogen and oxygen atoms in total. The molecule has 0 saturated carbocycles. The van der Waals surface area contributed by atoms with E-state index in [1.165, 1.54) is 5.56 Å². The van der Waals surface area contributed by atoms with Crippen LogP contribution >= 0.6 is 0 Å². The first-order valence-electron chi connectivity index (χ1n) is 11.1. The molecular formula is C27H28N4O2. The van der Waals surface area contributed by atoms with Crippen LogP contribution in [-0.4, -0.2) is 22.4 Å². The Morgan fingerprint density at radius 3 is 2.24 bits per heavy atom. The number of carbonyl (C=O) groups excluding carboxylic acids is 1. The first kappa shape index (κ1) is 22.3. The highest BCUT2D eigenvalue weighted by Crippen LogP contribution is 2.31. The van der Waals surface area contributed by atoms with Crippen LogP contribution in [0.4, 0.5) is 0 Å². The summed E-state index contributed by atoms with van der Waals surface area (Å²) in [6, 6.07) is 25.4. The van der Waals surface area contributed by atoms with E-state index in [1.807, 2.05) is 54.6 Å². The van der Waals surface area contributed by atoms with Crippen LogP contribution in [0.25, 0.3) is 11.3 Å². The number of nitrogens with zero attached hydrogens (tertiary/aromatic N) is 1. The van der Waals surface area contributed by atoms with Crippen LogP contribution in [0.5, 0.6) is 11.5 Å². The highest BCUT2D eigenvalue weighted by atomic mass is 16.5. The third kappa shape index (κ3) is 5.13. The number of benzene rings is 3. The Labute approximate surface area is 193 Å². The quantitative estimate of drug-likeness (QED) is 0.340. The average molecular weight is 441 g/mol. The predicted molar refractivity (Wildman–Crippen MR) is 130 cm³/mol. The number of ether oxygens (including phenoxy) is 1. The van der Waals surface area contributed by atoms with Crippen molar-refractivity contribution in [3.8, 4) is 22.8 Å². The highest BCUT2D eigenvalue weighted by molar-refractivity contribution is 5.97. The maximum Gasteiger partial charge on any atom is 0.267 e. The van der Waals surface area contributed by atoms with Crippen molar-refractivity contribution in [3.05, 3.63) is 102 Å². The average Bonchev–Trinajstić information content (AvgIpc) is 3.29. The topological polar surface area (TPSA) is 107 Å². The Bertz CT molecular complexity index is 1200. The Morgan fingerprint density at radius 1 is 0.970 bits per heavy atom. The maximum absolute atomic E-state index is 12.2. The Balaban J connectivity index is 1.66. The molecule has 33 heavy (non-hydrogen) atoms. The molecule has 0 spiro atoms. The van der Waals surface area contributed by atoms with Crippen molar-refractivity contribution in [3.63, 3.8) is 0 Å². The van der Waals surface area contributed by atoms with Gasteiger partial charge in [0.2, 0.25) is 0 Å². The fourth-order valence-corrected chi connectivity index (χ4v) is 3.86. The molecule has 5 N–H and O–H groups in total. The molecule has 1 amide bonds. The van der Waals surface area contributed by atoms with Gasteiger partial charge < -0.3 is 21.2 Å². The summed E-state index contributed by atoms with van der Waals surface area (Å²) in [6.07, 6.45) is 1.67. The molecule has 0 aliphatic rings. The van der Waals surface area contributed by atoms with Crippen LogP contribution in [-0.2, 0) is 6.42 Å². The summed E-state index contributed by atoms with van der Waals surface area (Å²) in [4.78, 5) is 20.2. The predicted octanol–water partition coefficient (Wildman–Crippen LogP) is 5.01. The summed E-state index contributed by atoms with van der Waals surface area (Å²) in [5.74, 6) is 1.51. The summed E-state index contributed by atoms with van der Waals surface area (Å²) in [5, 5.41) is 0. The standard InChI is InChI=1S/C27H28N4O2/c1-2-18-8-10-19(11-9-18)23(16-17-28)27-30-24(25(31-27)26(29)32)20-12-14-22(15-13-20)33-21-6-4-3-5-7-21/h3-15,23H,2,16-17,28H2,1H3,(H2,29,32)(H,30,31). The molecule has 3 aromatic carbocycles. The first-order chi connectivity index (χ1) is 16.1. The molecule has 0 fully saturated rings. The van der Waals surface area contributed by atoms with Gasteiger partial charge in [-0.3, -0.25) is 4.79 Å². The number of aryl methyl sites for hydroxylation is 1. The Kier molecular flexibility index (Phi) is 6.86. The molecule has 168 valence electrons. The highest BCUT2D eigenvalue weighted by Gasteiger charge is 2.23. The second kappa shape index (κ2) is 10.1. The number of nitrogens with one attached hydrogen (secondary N) is 1. The molecule has 0 aliphatic heterocycles. The molecule has 1 heterocycles. The number of rotatable bonds is 9. The molecule has 0 radical (unpaired) electrons. The number of aromatic amines is 1. The van der Waals surface area contributed by atoms with E-state index < -0.39 is 5.91 Å². The van der Waals surface area contributed by atoms with Crippen LogP contribution in [0, 0.1) is 0 Å². The lowest BCUT2D eigenvalue weighted by molar-refractivity contribution is 0.0996. The van der Waals surface area contributed by atoms with E-state index in [2.05, 4.69) is 36.2 Å². The lowest BCUT2D eigenvalue weighted by Crippen LogP contribution is -2.14. The van der Waals surface area contributed by atoms with Crippen LogP contribution in [0.2, 0.25) is 0 Å². The number of H-pyrrole nitrogens is 1. The lowest BCUT2D eigenvalue weighted by atomic mass is 9.94. The number of hydrogen-bond acceptors (Lipinski definition) is 4. The second-order valence-corrected chi connectivity index (χ2v) is 7.87. The monoisotopic (exact) mass is 440 g/mol. The molecule has 0 saturated heterocycles. The Hall–Kier alpha value is -3.90. The van der Waals surface area contributed by atoms with E-state index >= 15 is 0 Å². The van der Waals surface area contributed by atoms with Crippen LogP contribution in [0.3, 0.4) is 0 Å². The van der Waals surface area contributed by atoms with Gasteiger partial charge in [0.15, 0.2) is 0 Å². The summed E-state index contributed by atoms with van der Waals surface area (Å²) in [7, 11) is 0. The number of hydrogen-bond donors (Lipinski definition) is 3. The fourth-order valence-electron chi connectivity index (χ4n) is 3.86. The molecule has 0 aliphatic carbocycles. The third-order valence-corrected chi connectivity index (χ3v) is 5.65. The Morgan fingerprint density at radius 2 is 1.64 bits per heavy atom. The zero-order chi connectivity index (χ0) is 23.2. The van der Waals surface area contributed by atoms with Gasteiger partial charge in [-0.15, -0.1) is 0 Å². The van der Waals surface area contributed by atoms with Crippen molar-refractivity contribution in [2.45, 2.75) is 25.7 Å². The smallest absolute Gasteiger partial charge is 0.267 e. The van der Waals surface area contributed by atoms with E-state index in [4.69, 9.17) is 21.2 Å². The normalized spacial score (nSPS) is 11.8. The molecule has 1 aromatic heterocycles. The number of carbonyl (C=O) groups is 1. The van der Waals surface area contributed by atoms with Crippen molar-refractivity contribution < 1.29 is 9.53 Å². The summed E-state index contributed by atoms with van der Waals surface area (Å²) < 4.78 is 5.87. The molecule has 4 aromatic rings. The number of amides is 1. The van der Waals surface area contributed by atoms with Crippen LogP contribution in [0.1, 0.15) is 46.7 Å².